The number of ether oxygens (including phenoxy) is 2. The molecule has 0 heterocycles. The fourth-order valence-electron chi connectivity index (χ4n) is 2.20. The molecule has 0 radical (unpaired) electrons. The van der Waals surface area contributed by atoms with E-state index in [1.165, 1.54) is 6.92 Å². The van der Waals surface area contributed by atoms with E-state index in [9.17, 15) is 9.59 Å². The van der Waals surface area contributed by atoms with Crippen LogP contribution in [-0.4, -0.2) is 24.6 Å². The van der Waals surface area contributed by atoms with Crippen LogP contribution in [0.3, 0.4) is 0 Å². The van der Waals surface area contributed by atoms with Crippen LogP contribution in [0.4, 0.5) is 0 Å². The van der Waals surface area contributed by atoms with Crippen LogP contribution < -0.4 is 0 Å². The maximum absolute atomic E-state index is 11.7. The lowest BCUT2D eigenvalue weighted by Gasteiger charge is -2.22. The van der Waals surface area contributed by atoms with Crippen molar-refractivity contribution in [1.82, 2.24) is 0 Å². The van der Waals surface area contributed by atoms with Crippen molar-refractivity contribution in [3.8, 4) is 0 Å². The molecule has 0 saturated carbocycles. The molecule has 1 aromatic carbocycles. The first-order valence-electron chi connectivity index (χ1n) is 7.62. The van der Waals surface area contributed by atoms with Gasteiger partial charge in [0.25, 0.3) is 0 Å². The molecule has 0 aliphatic rings. The van der Waals surface area contributed by atoms with Crippen LogP contribution in [0.25, 0.3) is 6.08 Å². The SMILES string of the molecule is CCOC(=O)C[C@H](OC(C)=O)[C@@H](/C=C/c1ccccc1)CC. The minimum atomic E-state index is -0.499. The number of carbonyl (C=O) groups is 2. The molecule has 0 aromatic heterocycles. The zero-order chi connectivity index (χ0) is 16.4. The summed E-state index contributed by atoms with van der Waals surface area (Å²) in [6.45, 7) is 5.43. The average molecular weight is 304 g/mol. The Bertz CT molecular complexity index is 493. The summed E-state index contributed by atoms with van der Waals surface area (Å²) in [6.07, 6.45) is 4.31. The van der Waals surface area contributed by atoms with Crippen molar-refractivity contribution in [2.45, 2.75) is 39.7 Å². The van der Waals surface area contributed by atoms with Gasteiger partial charge in [-0.15, -0.1) is 0 Å². The van der Waals surface area contributed by atoms with E-state index in [1.54, 1.807) is 6.92 Å². The van der Waals surface area contributed by atoms with Crippen molar-refractivity contribution < 1.29 is 19.1 Å². The van der Waals surface area contributed by atoms with Crippen molar-refractivity contribution in [2.24, 2.45) is 5.92 Å². The van der Waals surface area contributed by atoms with E-state index in [2.05, 4.69) is 0 Å². The minimum Gasteiger partial charge on any atom is -0.466 e. The summed E-state index contributed by atoms with van der Waals surface area (Å²) in [4.78, 5) is 23.0. The lowest BCUT2D eigenvalue weighted by atomic mass is 9.95. The van der Waals surface area contributed by atoms with E-state index in [0.29, 0.717) is 6.61 Å². The Morgan fingerprint density at radius 2 is 1.86 bits per heavy atom. The van der Waals surface area contributed by atoms with E-state index in [4.69, 9.17) is 9.47 Å². The molecular formula is C18H24O4. The highest BCUT2D eigenvalue weighted by Crippen LogP contribution is 2.20. The molecule has 0 unspecified atom stereocenters. The Kier molecular flexibility index (Phi) is 7.97. The molecule has 4 nitrogen and oxygen atoms in total. The number of carbonyl (C=O) groups excluding carboxylic acids is 2. The third kappa shape index (κ3) is 6.57. The van der Waals surface area contributed by atoms with E-state index in [1.807, 2.05) is 49.4 Å². The van der Waals surface area contributed by atoms with Gasteiger partial charge in [-0.05, 0) is 18.9 Å². The molecule has 0 aliphatic carbocycles. The third-order valence-corrected chi connectivity index (χ3v) is 3.27. The van der Waals surface area contributed by atoms with Crippen molar-refractivity contribution in [1.29, 1.82) is 0 Å². The van der Waals surface area contributed by atoms with Crippen molar-refractivity contribution in [3.05, 3.63) is 42.0 Å². The molecular weight excluding hydrogens is 280 g/mol. The first kappa shape index (κ1) is 18.0. The predicted molar refractivity (Wildman–Crippen MR) is 86.1 cm³/mol. The highest BCUT2D eigenvalue weighted by atomic mass is 16.6. The minimum absolute atomic E-state index is 0.0338. The van der Waals surface area contributed by atoms with E-state index in [0.717, 1.165) is 12.0 Å². The topological polar surface area (TPSA) is 52.6 Å². The molecule has 0 bridgehead atoms. The summed E-state index contributed by atoms with van der Waals surface area (Å²) < 4.78 is 10.3. The van der Waals surface area contributed by atoms with E-state index >= 15 is 0 Å². The lowest BCUT2D eigenvalue weighted by Crippen LogP contribution is -2.28. The number of hydrogen-bond acceptors (Lipinski definition) is 4. The molecule has 1 aromatic rings. The molecule has 0 spiro atoms. The van der Waals surface area contributed by atoms with Gasteiger partial charge in [-0.1, -0.05) is 49.4 Å². The van der Waals surface area contributed by atoms with Gasteiger partial charge in [0.2, 0.25) is 0 Å². The summed E-state index contributed by atoms with van der Waals surface area (Å²) in [5.74, 6) is -0.769. The number of hydrogen-bond donors (Lipinski definition) is 0. The maximum Gasteiger partial charge on any atom is 0.309 e. The second kappa shape index (κ2) is 9.77. The Hall–Kier alpha value is -2.10. The molecule has 0 N–H and O–H groups in total. The van der Waals surface area contributed by atoms with Crippen molar-refractivity contribution in [2.75, 3.05) is 6.61 Å². The summed E-state index contributed by atoms with van der Waals surface area (Å²) in [5, 5.41) is 0. The van der Waals surface area contributed by atoms with E-state index in [-0.39, 0.29) is 24.3 Å². The van der Waals surface area contributed by atoms with Gasteiger partial charge >= 0.3 is 11.9 Å². The number of esters is 2. The Morgan fingerprint density at radius 3 is 2.41 bits per heavy atom. The molecule has 120 valence electrons. The zero-order valence-electron chi connectivity index (χ0n) is 13.5. The van der Waals surface area contributed by atoms with Crippen LogP contribution in [0, 0.1) is 5.92 Å². The Morgan fingerprint density at radius 1 is 1.18 bits per heavy atom. The highest BCUT2D eigenvalue weighted by molar-refractivity contribution is 5.71. The van der Waals surface area contributed by atoms with Crippen LogP contribution in [-0.2, 0) is 19.1 Å². The molecule has 0 amide bonds. The Labute approximate surface area is 132 Å². The van der Waals surface area contributed by atoms with Crippen LogP contribution in [0.5, 0.6) is 0 Å². The normalized spacial score (nSPS) is 13.6. The average Bonchev–Trinajstić information content (AvgIpc) is 2.48. The van der Waals surface area contributed by atoms with Crippen LogP contribution in [0.1, 0.15) is 39.2 Å². The van der Waals surface area contributed by atoms with Crippen molar-refractivity contribution >= 4 is 18.0 Å². The molecule has 2 atom stereocenters. The second-order valence-electron chi connectivity index (χ2n) is 5.00. The first-order chi connectivity index (χ1) is 10.6. The molecule has 1 rings (SSSR count). The zero-order valence-corrected chi connectivity index (χ0v) is 13.5. The van der Waals surface area contributed by atoms with Gasteiger partial charge in [-0.3, -0.25) is 9.59 Å². The van der Waals surface area contributed by atoms with Gasteiger partial charge in [0.1, 0.15) is 6.10 Å². The smallest absolute Gasteiger partial charge is 0.309 e. The standard InChI is InChI=1S/C18H24O4/c1-4-16(12-11-15-9-7-6-8-10-15)17(22-14(3)19)13-18(20)21-5-2/h6-12,16-17H,4-5,13H2,1-3H3/b12-11+/t16-,17+/m1/s1. The number of rotatable bonds is 8. The maximum atomic E-state index is 11.7. The molecule has 0 fully saturated rings. The first-order valence-corrected chi connectivity index (χ1v) is 7.62. The second-order valence-corrected chi connectivity index (χ2v) is 5.00. The van der Waals surface area contributed by atoms with Gasteiger partial charge in [-0.2, -0.15) is 0 Å². The van der Waals surface area contributed by atoms with Gasteiger partial charge in [0, 0.05) is 12.8 Å². The predicted octanol–water partition coefficient (Wildman–Crippen LogP) is 3.61. The van der Waals surface area contributed by atoms with Gasteiger partial charge in [-0.25, -0.2) is 0 Å². The summed E-state index contributed by atoms with van der Waals surface area (Å²) in [5.41, 5.74) is 1.07. The van der Waals surface area contributed by atoms with Gasteiger partial charge < -0.3 is 9.47 Å². The van der Waals surface area contributed by atoms with Crippen LogP contribution in [0.2, 0.25) is 0 Å². The summed E-state index contributed by atoms with van der Waals surface area (Å²) in [6, 6.07) is 9.87. The fourth-order valence-corrected chi connectivity index (χ4v) is 2.20. The van der Waals surface area contributed by atoms with Gasteiger partial charge in [0.05, 0.1) is 13.0 Å². The Balaban J connectivity index is 2.81. The lowest BCUT2D eigenvalue weighted by molar-refractivity contribution is -0.155. The number of benzene rings is 1. The quantitative estimate of drug-likeness (QED) is 0.688. The molecule has 0 aliphatic heterocycles. The van der Waals surface area contributed by atoms with Crippen LogP contribution >= 0.6 is 0 Å². The summed E-state index contributed by atoms with van der Waals surface area (Å²) >= 11 is 0. The largest absolute Gasteiger partial charge is 0.466 e. The van der Waals surface area contributed by atoms with Crippen molar-refractivity contribution in [3.63, 3.8) is 0 Å². The monoisotopic (exact) mass is 304 g/mol. The fraction of sp³-hybridized carbons (Fsp3) is 0.444. The van der Waals surface area contributed by atoms with Gasteiger partial charge in [0.15, 0.2) is 0 Å². The third-order valence-electron chi connectivity index (χ3n) is 3.27. The summed E-state index contributed by atoms with van der Waals surface area (Å²) in [7, 11) is 0. The molecule has 0 saturated heterocycles. The molecule has 22 heavy (non-hydrogen) atoms. The van der Waals surface area contributed by atoms with E-state index < -0.39 is 6.10 Å². The van der Waals surface area contributed by atoms with Crippen LogP contribution in [0.15, 0.2) is 36.4 Å². The highest BCUT2D eigenvalue weighted by Gasteiger charge is 2.24. The molecule has 4 heteroatoms.